The van der Waals surface area contributed by atoms with Crippen molar-refractivity contribution in [1.29, 1.82) is 0 Å². The number of hydrogen-bond acceptors (Lipinski definition) is 5. The molecule has 0 bridgehead atoms. The van der Waals surface area contributed by atoms with Crippen molar-refractivity contribution in [3.63, 3.8) is 0 Å². The molecule has 1 aliphatic rings. The lowest BCUT2D eigenvalue weighted by Gasteiger charge is -2.14. The van der Waals surface area contributed by atoms with Crippen molar-refractivity contribution in [3.8, 4) is 11.3 Å². The smallest absolute Gasteiger partial charge is 0.261 e. The summed E-state index contributed by atoms with van der Waals surface area (Å²) in [7, 11) is 0. The van der Waals surface area contributed by atoms with Gasteiger partial charge in [-0.25, -0.2) is 0 Å². The van der Waals surface area contributed by atoms with Gasteiger partial charge in [0.2, 0.25) is 0 Å². The van der Waals surface area contributed by atoms with E-state index in [1.807, 2.05) is 0 Å². The van der Waals surface area contributed by atoms with Gasteiger partial charge in [-0.3, -0.25) is 19.3 Å². The molecule has 0 saturated heterocycles. The lowest BCUT2D eigenvalue weighted by atomic mass is 9.95. The Labute approximate surface area is 197 Å². The van der Waals surface area contributed by atoms with Crippen molar-refractivity contribution in [2.24, 2.45) is 0 Å². The maximum atomic E-state index is 13.3. The summed E-state index contributed by atoms with van der Waals surface area (Å²) in [5, 5.41) is 11.6. The molecule has 1 aromatic heterocycles. The molecule has 0 unspecified atom stereocenters. The minimum atomic E-state index is -0.409. The fourth-order valence-corrected chi connectivity index (χ4v) is 4.21. The summed E-state index contributed by atoms with van der Waals surface area (Å²) in [6.07, 6.45) is 0. The van der Waals surface area contributed by atoms with E-state index in [1.54, 1.807) is 60.7 Å². The van der Waals surface area contributed by atoms with Crippen LogP contribution in [0.4, 0.5) is 0 Å². The van der Waals surface area contributed by atoms with E-state index >= 15 is 0 Å². The minimum absolute atomic E-state index is 0.111. The van der Waals surface area contributed by atoms with E-state index < -0.39 is 11.8 Å². The zero-order chi connectivity index (χ0) is 23.1. The number of ketones is 1. The number of fused-ring (bicyclic) bond motifs is 1. The fourth-order valence-electron chi connectivity index (χ4n) is 3.81. The monoisotopic (exact) mass is 476 g/mol. The Hall–Kier alpha value is -3.81. The Bertz CT molecular complexity index is 1410. The highest BCUT2D eigenvalue weighted by atomic mass is 35.5. The van der Waals surface area contributed by atoms with Crippen molar-refractivity contribution in [3.05, 3.63) is 105 Å². The third-order valence-corrected chi connectivity index (χ3v) is 5.97. The molecule has 4 aromatic rings. The molecule has 2 heterocycles. The number of nitrogens with zero attached hydrogens (tertiary/aromatic N) is 3. The van der Waals surface area contributed by atoms with Gasteiger partial charge >= 0.3 is 0 Å². The summed E-state index contributed by atoms with van der Waals surface area (Å²) in [6.45, 7) is -0.111. The number of halogens is 2. The normalized spacial score (nSPS) is 12.8. The molecule has 0 atom stereocenters. The van der Waals surface area contributed by atoms with Crippen LogP contribution < -0.4 is 0 Å². The largest absolute Gasteiger partial charge is 0.289 e. The Balaban J connectivity index is 1.54. The second-order valence-corrected chi connectivity index (χ2v) is 8.20. The average Bonchev–Trinajstić information content (AvgIpc) is 3.38. The number of imide groups is 1. The Morgan fingerprint density at radius 2 is 1.48 bits per heavy atom. The second kappa shape index (κ2) is 8.27. The van der Waals surface area contributed by atoms with Gasteiger partial charge in [-0.15, -0.1) is 0 Å². The fraction of sp³-hybridized carbons (Fsp3) is 0.0417. The number of carbonyl (C=O) groups is 3. The highest BCUT2D eigenvalue weighted by molar-refractivity contribution is 6.36. The summed E-state index contributed by atoms with van der Waals surface area (Å²) in [5.41, 5.74) is 2.38. The molecule has 33 heavy (non-hydrogen) atoms. The van der Waals surface area contributed by atoms with Crippen molar-refractivity contribution < 1.29 is 14.4 Å². The van der Waals surface area contributed by atoms with Crippen molar-refractivity contribution in [2.45, 2.75) is 6.54 Å². The summed E-state index contributed by atoms with van der Waals surface area (Å²) in [6, 6.07) is 18.1. The third-order valence-electron chi connectivity index (χ3n) is 5.41. The number of hydrogen-bond donors (Lipinski definition) is 1. The third kappa shape index (κ3) is 3.61. The molecule has 0 spiro atoms. The first-order valence-electron chi connectivity index (χ1n) is 9.89. The summed E-state index contributed by atoms with van der Waals surface area (Å²) in [4.78, 5) is 40.0. The topological polar surface area (TPSA) is 96.0 Å². The van der Waals surface area contributed by atoms with E-state index in [-0.39, 0.29) is 17.9 Å². The van der Waals surface area contributed by atoms with Gasteiger partial charge in [-0.1, -0.05) is 53.5 Å². The predicted octanol–water partition coefficient (Wildman–Crippen LogP) is 4.81. The molecule has 0 aliphatic carbocycles. The molecule has 1 aliphatic heterocycles. The lowest BCUT2D eigenvalue weighted by molar-refractivity contribution is 0.0640. The van der Waals surface area contributed by atoms with Gasteiger partial charge in [0, 0.05) is 21.7 Å². The van der Waals surface area contributed by atoms with Crippen LogP contribution in [-0.4, -0.2) is 37.9 Å². The molecule has 1 N–H and O–H groups in total. The molecular weight excluding hydrogens is 463 g/mol. The maximum absolute atomic E-state index is 13.3. The first kappa shape index (κ1) is 21.1. The number of rotatable bonds is 5. The second-order valence-electron chi connectivity index (χ2n) is 7.36. The van der Waals surface area contributed by atoms with Crippen LogP contribution >= 0.6 is 23.2 Å². The van der Waals surface area contributed by atoms with Crippen LogP contribution in [0.1, 0.15) is 42.3 Å². The highest BCUT2D eigenvalue weighted by Gasteiger charge is 2.36. The molecular formula is C24H14Cl2N4O3. The lowest BCUT2D eigenvalue weighted by Crippen LogP contribution is -2.29. The highest BCUT2D eigenvalue weighted by Crippen LogP contribution is 2.32. The van der Waals surface area contributed by atoms with Crippen LogP contribution in [0.25, 0.3) is 11.3 Å². The molecule has 0 fully saturated rings. The first-order chi connectivity index (χ1) is 16.0. The number of benzene rings is 3. The van der Waals surface area contributed by atoms with E-state index in [0.717, 1.165) is 4.90 Å². The van der Waals surface area contributed by atoms with E-state index in [4.69, 9.17) is 23.2 Å². The number of H-pyrrole nitrogens is 1. The number of carbonyl (C=O) groups excluding carboxylic acids is 3. The van der Waals surface area contributed by atoms with Crippen molar-refractivity contribution in [1.82, 2.24) is 20.3 Å². The molecule has 7 nitrogen and oxygen atoms in total. The van der Waals surface area contributed by atoms with Gasteiger partial charge in [0.1, 0.15) is 11.4 Å². The summed E-state index contributed by atoms with van der Waals surface area (Å²) >= 11 is 12.4. The van der Waals surface area contributed by atoms with E-state index in [1.165, 1.54) is 6.07 Å². The van der Waals surface area contributed by atoms with Crippen LogP contribution in [-0.2, 0) is 6.54 Å². The Morgan fingerprint density at radius 3 is 2.18 bits per heavy atom. The van der Waals surface area contributed by atoms with Crippen LogP contribution in [0, 0.1) is 0 Å². The van der Waals surface area contributed by atoms with E-state index in [2.05, 4.69) is 15.4 Å². The average molecular weight is 477 g/mol. The number of nitrogens with one attached hydrogen (secondary N) is 1. The standard InChI is InChI=1S/C24H14Cl2N4O3/c25-13-9-10-14(18(11-13)22(31)17-7-3-4-8-19(17)26)21-20(27-29-28-21)12-30-23(32)15-5-1-2-6-16(15)24(30)33/h1-11H,12H2,(H,27,28,29). The van der Waals surface area contributed by atoms with E-state index in [9.17, 15) is 14.4 Å². The summed E-state index contributed by atoms with van der Waals surface area (Å²) in [5.74, 6) is -1.16. The van der Waals surface area contributed by atoms with Gasteiger partial charge in [0.25, 0.3) is 11.8 Å². The minimum Gasteiger partial charge on any atom is -0.289 e. The van der Waals surface area contributed by atoms with Crippen LogP contribution in [0.15, 0.2) is 66.7 Å². The predicted molar refractivity (Wildman–Crippen MR) is 122 cm³/mol. The zero-order valence-electron chi connectivity index (χ0n) is 16.9. The maximum Gasteiger partial charge on any atom is 0.261 e. The first-order valence-corrected chi connectivity index (χ1v) is 10.7. The molecule has 9 heteroatoms. The molecule has 3 aromatic carbocycles. The number of amides is 2. The Kier molecular flexibility index (Phi) is 5.28. The van der Waals surface area contributed by atoms with Gasteiger partial charge < -0.3 is 0 Å². The number of aromatic nitrogens is 3. The van der Waals surface area contributed by atoms with Crippen molar-refractivity contribution >= 4 is 40.8 Å². The van der Waals surface area contributed by atoms with Crippen molar-refractivity contribution in [2.75, 3.05) is 0 Å². The summed E-state index contributed by atoms with van der Waals surface area (Å²) < 4.78 is 0. The molecule has 5 rings (SSSR count). The van der Waals surface area contributed by atoms with Crippen LogP contribution in [0.2, 0.25) is 10.0 Å². The Morgan fingerprint density at radius 1 is 0.818 bits per heavy atom. The SMILES string of the molecule is O=C(c1ccccc1Cl)c1cc(Cl)ccc1-c1n[nH]nc1CN1C(=O)c2ccccc2C1=O. The van der Waals surface area contributed by atoms with Gasteiger partial charge in [0.05, 0.1) is 22.7 Å². The molecule has 0 saturated carbocycles. The van der Waals surface area contributed by atoms with Gasteiger partial charge in [0.15, 0.2) is 5.78 Å². The van der Waals surface area contributed by atoms with Gasteiger partial charge in [-0.05, 0) is 36.4 Å². The van der Waals surface area contributed by atoms with Crippen LogP contribution in [0.3, 0.4) is 0 Å². The quantitative estimate of drug-likeness (QED) is 0.329. The molecule has 0 radical (unpaired) electrons. The molecule has 2 amide bonds. The number of aromatic amines is 1. The zero-order valence-corrected chi connectivity index (χ0v) is 18.4. The molecule has 162 valence electrons. The van der Waals surface area contributed by atoms with Gasteiger partial charge in [-0.2, -0.15) is 15.4 Å². The van der Waals surface area contributed by atoms with E-state index in [0.29, 0.717) is 43.7 Å². The van der Waals surface area contributed by atoms with Crippen LogP contribution in [0.5, 0.6) is 0 Å².